The van der Waals surface area contributed by atoms with Gasteiger partial charge in [-0.25, -0.2) is 0 Å². The van der Waals surface area contributed by atoms with Crippen LogP contribution in [-0.2, 0) is 14.4 Å². The fourth-order valence-corrected chi connectivity index (χ4v) is 1.19. The average molecular weight is 237 g/mol. The first-order valence-corrected chi connectivity index (χ1v) is 4.43. The van der Waals surface area contributed by atoms with Crippen LogP contribution in [0.3, 0.4) is 0 Å². The first-order valence-electron chi connectivity index (χ1n) is 4.43. The van der Waals surface area contributed by atoms with E-state index in [4.69, 9.17) is 0 Å². The van der Waals surface area contributed by atoms with Crippen molar-refractivity contribution in [1.82, 2.24) is 5.01 Å². The molecule has 1 aliphatic carbocycles. The molecule has 0 aromatic heterocycles. The summed E-state index contributed by atoms with van der Waals surface area (Å²) >= 11 is 0. The molecule has 88 valence electrons. The van der Waals surface area contributed by atoms with E-state index in [-0.39, 0.29) is 5.57 Å². The molecule has 0 N–H and O–H groups in total. The molecule has 0 aliphatic heterocycles. The summed E-state index contributed by atoms with van der Waals surface area (Å²) in [5, 5.41) is 5.62. The van der Waals surface area contributed by atoms with Gasteiger partial charge in [0.1, 0.15) is 6.54 Å². The van der Waals surface area contributed by atoms with E-state index in [1.165, 1.54) is 7.05 Å². The maximum atomic E-state index is 11.6. The smallest absolute Gasteiger partial charge is 0.255 e. The molecule has 0 spiro atoms. The summed E-state index contributed by atoms with van der Waals surface area (Å²) in [6.45, 7) is -0.413. The third-order valence-corrected chi connectivity index (χ3v) is 2.00. The standard InChI is InChI=1S/C9H7N3O5/c1-12(11-17)4-7(14)5-2-3-6(13)9(15)8(5)10-16/h2-3H,4H2,1H3. The van der Waals surface area contributed by atoms with Crippen LogP contribution in [0.4, 0.5) is 0 Å². The summed E-state index contributed by atoms with van der Waals surface area (Å²) in [6.07, 6.45) is 1.90. The Balaban J connectivity index is 3.06. The number of Topliss-reactive ketones (excluding diaryl/α,β-unsaturated/α-hetero) is 2. The normalized spacial score (nSPS) is 14.9. The Morgan fingerprint density at radius 3 is 2.47 bits per heavy atom. The fourth-order valence-electron chi connectivity index (χ4n) is 1.19. The Bertz CT molecular complexity index is 477. The Labute approximate surface area is 94.9 Å². The summed E-state index contributed by atoms with van der Waals surface area (Å²) in [6, 6.07) is 0. The highest BCUT2D eigenvalue weighted by molar-refractivity contribution is 6.49. The van der Waals surface area contributed by atoms with E-state index in [1.807, 2.05) is 0 Å². The minimum atomic E-state index is -1.13. The molecule has 0 aromatic carbocycles. The highest BCUT2D eigenvalue weighted by Crippen LogP contribution is 2.16. The Hall–Kier alpha value is -2.51. The monoisotopic (exact) mass is 237 g/mol. The van der Waals surface area contributed by atoms with E-state index >= 15 is 0 Å². The van der Waals surface area contributed by atoms with Gasteiger partial charge in [0, 0.05) is 7.05 Å². The molecule has 0 saturated heterocycles. The molecule has 0 radical (unpaired) electrons. The molecule has 0 heterocycles. The number of rotatable bonds is 5. The Morgan fingerprint density at radius 2 is 1.94 bits per heavy atom. The maximum Gasteiger partial charge on any atom is 0.255 e. The minimum Gasteiger partial charge on any atom is -0.292 e. The molecule has 0 aromatic rings. The van der Waals surface area contributed by atoms with Crippen molar-refractivity contribution in [2.24, 2.45) is 10.5 Å². The van der Waals surface area contributed by atoms with E-state index < -0.39 is 29.6 Å². The van der Waals surface area contributed by atoms with Crippen LogP contribution in [0.5, 0.6) is 0 Å². The zero-order valence-corrected chi connectivity index (χ0v) is 8.74. The van der Waals surface area contributed by atoms with Crippen molar-refractivity contribution in [1.29, 1.82) is 0 Å². The molecule has 0 atom stereocenters. The summed E-state index contributed by atoms with van der Waals surface area (Å²) in [7, 11) is 1.25. The largest absolute Gasteiger partial charge is 0.292 e. The number of carbonyl (C=O) groups is 3. The number of ketones is 3. The van der Waals surface area contributed by atoms with Crippen molar-refractivity contribution in [3.8, 4) is 0 Å². The third kappa shape index (κ3) is 2.54. The molecule has 0 unspecified atom stereocenters. The summed E-state index contributed by atoms with van der Waals surface area (Å²) in [4.78, 5) is 54.2. The van der Waals surface area contributed by atoms with Crippen molar-refractivity contribution in [2.75, 3.05) is 13.6 Å². The molecular weight excluding hydrogens is 230 g/mol. The van der Waals surface area contributed by atoms with Crippen molar-refractivity contribution >= 4 is 17.3 Å². The van der Waals surface area contributed by atoms with Gasteiger partial charge in [0.2, 0.25) is 5.78 Å². The van der Waals surface area contributed by atoms with Crippen LogP contribution < -0.4 is 0 Å². The van der Waals surface area contributed by atoms with Gasteiger partial charge in [0.05, 0.1) is 10.9 Å². The van der Waals surface area contributed by atoms with Crippen LogP contribution in [0, 0.1) is 9.81 Å². The van der Waals surface area contributed by atoms with Crippen LogP contribution in [0.1, 0.15) is 0 Å². The second-order valence-electron chi connectivity index (χ2n) is 3.20. The molecule has 1 aliphatic rings. The van der Waals surface area contributed by atoms with Gasteiger partial charge in [0.15, 0.2) is 11.5 Å². The average Bonchev–Trinajstić information content (AvgIpc) is 2.31. The predicted molar refractivity (Wildman–Crippen MR) is 55.4 cm³/mol. The minimum absolute atomic E-state index is 0.292. The zero-order valence-electron chi connectivity index (χ0n) is 8.74. The second kappa shape index (κ2) is 5.01. The lowest BCUT2D eigenvalue weighted by Crippen LogP contribution is -2.26. The van der Waals surface area contributed by atoms with Gasteiger partial charge in [0.25, 0.3) is 5.78 Å². The Kier molecular flexibility index (Phi) is 3.70. The van der Waals surface area contributed by atoms with Gasteiger partial charge in [-0.3, -0.25) is 19.4 Å². The third-order valence-electron chi connectivity index (χ3n) is 2.00. The van der Waals surface area contributed by atoms with E-state index in [2.05, 4.69) is 10.5 Å². The Morgan fingerprint density at radius 1 is 1.29 bits per heavy atom. The summed E-state index contributed by atoms with van der Waals surface area (Å²) in [5.74, 6) is -2.75. The van der Waals surface area contributed by atoms with E-state index in [0.29, 0.717) is 0 Å². The molecule has 0 fully saturated rings. The SMILES string of the molecule is CN(CC(=O)C1=C(N=O)C(=O)C(=O)C=C1)N=O. The lowest BCUT2D eigenvalue weighted by atomic mass is 9.98. The number of likely N-dealkylation sites (N-methyl/N-ethyl adjacent to an activating group) is 1. The number of nitrogens with zero attached hydrogens (tertiary/aromatic N) is 3. The van der Waals surface area contributed by atoms with Crippen LogP contribution in [0.2, 0.25) is 0 Å². The van der Waals surface area contributed by atoms with E-state index in [0.717, 1.165) is 17.2 Å². The first-order chi connectivity index (χ1) is 8.01. The number of carbonyl (C=O) groups excluding carboxylic acids is 3. The van der Waals surface area contributed by atoms with Crippen molar-refractivity contribution in [2.45, 2.75) is 0 Å². The molecule has 8 heteroatoms. The zero-order chi connectivity index (χ0) is 13.0. The number of allylic oxidation sites excluding steroid dienone is 3. The van der Waals surface area contributed by atoms with Crippen molar-refractivity contribution in [3.63, 3.8) is 0 Å². The molecule has 17 heavy (non-hydrogen) atoms. The molecule has 0 saturated carbocycles. The number of nitroso groups, excluding NO2 is 2. The van der Waals surface area contributed by atoms with Crippen molar-refractivity contribution in [3.05, 3.63) is 33.2 Å². The van der Waals surface area contributed by atoms with Crippen LogP contribution in [0.25, 0.3) is 0 Å². The van der Waals surface area contributed by atoms with Crippen LogP contribution >= 0.6 is 0 Å². The summed E-state index contributed by atoms with van der Waals surface area (Å²) < 4.78 is 0. The fraction of sp³-hybridized carbons (Fsp3) is 0.222. The molecular formula is C9H7N3O5. The van der Waals surface area contributed by atoms with Crippen molar-refractivity contribution < 1.29 is 14.4 Å². The highest BCUT2D eigenvalue weighted by atomic mass is 16.3. The molecule has 1 rings (SSSR count). The van der Waals surface area contributed by atoms with Gasteiger partial charge in [-0.1, -0.05) is 0 Å². The van der Waals surface area contributed by atoms with Gasteiger partial charge in [-0.2, -0.15) is 0 Å². The molecule has 0 amide bonds. The second-order valence-corrected chi connectivity index (χ2v) is 3.20. The van der Waals surface area contributed by atoms with Gasteiger partial charge >= 0.3 is 0 Å². The molecule has 8 nitrogen and oxygen atoms in total. The predicted octanol–water partition coefficient (Wildman–Crippen LogP) is -0.103. The van der Waals surface area contributed by atoms with Gasteiger partial charge < -0.3 is 0 Å². The van der Waals surface area contributed by atoms with Gasteiger partial charge in [-0.05, 0) is 17.3 Å². The van der Waals surface area contributed by atoms with E-state index in [1.54, 1.807) is 0 Å². The number of hydrogen-bond donors (Lipinski definition) is 0. The molecule has 0 bridgehead atoms. The lowest BCUT2D eigenvalue weighted by Gasteiger charge is -2.10. The van der Waals surface area contributed by atoms with Crippen LogP contribution in [-0.4, -0.2) is 36.0 Å². The van der Waals surface area contributed by atoms with Gasteiger partial charge in [-0.15, -0.1) is 9.81 Å². The van der Waals surface area contributed by atoms with Crippen LogP contribution in [0.15, 0.2) is 33.9 Å². The summed E-state index contributed by atoms with van der Waals surface area (Å²) in [5.41, 5.74) is -1.03. The quantitative estimate of drug-likeness (QED) is 0.285. The first kappa shape index (κ1) is 12.6. The maximum absolute atomic E-state index is 11.6. The lowest BCUT2D eigenvalue weighted by molar-refractivity contribution is -0.131. The number of hydrogen-bond acceptors (Lipinski definition) is 7. The topological polar surface area (TPSA) is 113 Å². The highest BCUT2D eigenvalue weighted by Gasteiger charge is 2.28. The van der Waals surface area contributed by atoms with E-state index in [9.17, 15) is 24.2 Å².